The van der Waals surface area contributed by atoms with Gasteiger partial charge in [0.05, 0.1) is 11.3 Å². The summed E-state index contributed by atoms with van der Waals surface area (Å²) in [6, 6.07) is 3.15. The molecule has 1 amide bonds. The van der Waals surface area contributed by atoms with Crippen molar-refractivity contribution in [2.24, 2.45) is 0 Å². The van der Waals surface area contributed by atoms with E-state index in [9.17, 15) is 18.7 Å². The Balaban J connectivity index is 1.54. The number of aryl methyl sites for hydroxylation is 1. The molecule has 2 atom stereocenters. The molecule has 138 valence electrons. The molecule has 1 aromatic carbocycles. The number of nitrogens with zero attached hydrogens (tertiary/aromatic N) is 2. The summed E-state index contributed by atoms with van der Waals surface area (Å²) in [6.07, 6.45) is 3.66. The number of piperidine rings is 1. The zero-order valence-electron chi connectivity index (χ0n) is 14.4. The second-order valence-corrected chi connectivity index (χ2v) is 7.41. The minimum atomic E-state index is -1.11. The molecule has 7 heteroatoms. The van der Waals surface area contributed by atoms with Crippen molar-refractivity contribution in [3.05, 3.63) is 53.2 Å². The molecule has 2 saturated heterocycles. The van der Waals surface area contributed by atoms with Crippen LogP contribution in [0.4, 0.5) is 8.78 Å². The number of aromatic nitrogens is 1. The second-order valence-electron chi connectivity index (χ2n) is 7.41. The van der Waals surface area contributed by atoms with Gasteiger partial charge in [-0.05, 0) is 44.2 Å². The molecular weight excluding hydrogens is 342 g/mol. The van der Waals surface area contributed by atoms with Gasteiger partial charge in [0.15, 0.2) is 6.39 Å². The lowest BCUT2D eigenvalue weighted by atomic mass is 9.81. The minimum absolute atomic E-state index is 0.107. The van der Waals surface area contributed by atoms with E-state index in [2.05, 4.69) is 4.98 Å². The maximum atomic E-state index is 14.0. The van der Waals surface area contributed by atoms with Crippen LogP contribution in [0, 0.1) is 18.6 Å². The molecule has 0 radical (unpaired) electrons. The first kappa shape index (κ1) is 17.1. The first-order valence-electron chi connectivity index (χ1n) is 8.75. The molecule has 26 heavy (non-hydrogen) atoms. The highest BCUT2D eigenvalue weighted by atomic mass is 19.1. The van der Waals surface area contributed by atoms with Gasteiger partial charge in [-0.15, -0.1) is 0 Å². The fraction of sp³-hybridized carbons (Fsp3) is 0.474. The predicted octanol–water partition coefficient (Wildman–Crippen LogP) is 3.00. The normalized spacial score (nSPS) is 27.8. The summed E-state index contributed by atoms with van der Waals surface area (Å²) in [5.41, 5.74) is -0.277. The summed E-state index contributed by atoms with van der Waals surface area (Å²) >= 11 is 0. The molecule has 2 bridgehead atoms. The van der Waals surface area contributed by atoms with Gasteiger partial charge in [0.1, 0.15) is 11.6 Å². The quantitative estimate of drug-likeness (QED) is 0.912. The molecule has 2 aliphatic heterocycles. The zero-order valence-corrected chi connectivity index (χ0v) is 14.4. The van der Waals surface area contributed by atoms with E-state index in [0.717, 1.165) is 18.9 Å². The first-order chi connectivity index (χ1) is 12.4. The predicted molar refractivity (Wildman–Crippen MR) is 88.5 cm³/mol. The summed E-state index contributed by atoms with van der Waals surface area (Å²) < 4.78 is 32.3. The molecule has 0 saturated carbocycles. The van der Waals surface area contributed by atoms with E-state index >= 15 is 0 Å². The van der Waals surface area contributed by atoms with Crippen molar-refractivity contribution >= 4 is 5.91 Å². The summed E-state index contributed by atoms with van der Waals surface area (Å²) in [7, 11) is 0. The third-order valence-electron chi connectivity index (χ3n) is 5.56. The van der Waals surface area contributed by atoms with E-state index in [1.807, 2.05) is 0 Å². The largest absolute Gasteiger partial charge is 0.438 e. The van der Waals surface area contributed by atoms with Crippen LogP contribution in [0.5, 0.6) is 0 Å². The Morgan fingerprint density at radius 2 is 2.04 bits per heavy atom. The van der Waals surface area contributed by atoms with Gasteiger partial charge in [-0.3, -0.25) is 4.79 Å². The Labute approximate surface area is 149 Å². The van der Waals surface area contributed by atoms with Crippen molar-refractivity contribution in [3.63, 3.8) is 0 Å². The lowest BCUT2D eigenvalue weighted by Gasteiger charge is -2.43. The van der Waals surface area contributed by atoms with Crippen molar-refractivity contribution in [2.75, 3.05) is 0 Å². The molecule has 2 unspecified atom stereocenters. The molecule has 1 N–H and O–H groups in total. The van der Waals surface area contributed by atoms with Crippen LogP contribution < -0.4 is 0 Å². The number of hydrogen-bond acceptors (Lipinski definition) is 4. The summed E-state index contributed by atoms with van der Waals surface area (Å²) in [5, 5.41) is 11.0. The van der Waals surface area contributed by atoms with Gasteiger partial charge in [0.2, 0.25) is 5.76 Å². The minimum Gasteiger partial charge on any atom is -0.438 e. The number of amides is 1. The van der Waals surface area contributed by atoms with Crippen LogP contribution in [0.2, 0.25) is 0 Å². The van der Waals surface area contributed by atoms with Crippen molar-refractivity contribution in [3.8, 4) is 0 Å². The van der Waals surface area contributed by atoms with Crippen molar-refractivity contribution in [1.82, 2.24) is 9.88 Å². The first-order valence-corrected chi connectivity index (χ1v) is 8.75. The Morgan fingerprint density at radius 1 is 1.35 bits per heavy atom. The average molecular weight is 362 g/mol. The number of carbonyl (C=O) groups excluding carboxylic acids is 1. The summed E-state index contributed by atoms with van der Waals surface area (Å²) in [4.78, 5) is 18.6. The molecule has 4 rings (SSSR count). The Morgan fingerprint density at radius 3 is 2.62 bits per heavy atom. The van der Waals surface area contributed by atoms with Gasteiger partial charge in [-0.2, -0.15) is 0 Å². The van der Waals surface area contributed by atoms with Crippen LogP contribution in [0.15, 0.2) is 29.0 Å². The Hall–Kier alpha value is -2.28. The zero-order chi connectivity index (χ0) is 18.5. The van der Waals surface area contributed by atoms with E-state index in [1.54, 1.807) is 11.8 Å². The number of fused-ring (bicyclic) bond motifs is 2. The van der Waals surface area contributed by atoms with E-state index in [1.165, 1.54) is 18.5 Å². The van der Waals surface area contributed by atoms with Crippen LogP contribution in [0.25, 0.3) is 0 Å². The highest BCUT2D eigenvalue weighted by Crippen LogP contribution is 2.43. The number of aliphatic hydroxyl groups is 1. The molecule has 2 aromatic rings. The third-order valence-corrected chi connectivity index (χ3v) is 5.56. The van der Waals surface area contributed by atoms with E-state index in [-0.39, 0.29) is 30.2 Å². The van der Waals surface area contributed by atoms with E-state index in [4.69, 9.17) is 4.42 Å². The van der Waals surface area contributed by atoms with Gasteiger partial charge in [0, 0.05) is 24.6 Å². The van der Waals surface area contributed by atoms with Crippen LogP contribution >= 0.6 is 0 Å². The number of rotatable bonds is 3. The van der Waals surface area contributed by atoms with Crippen molar-refractivity contribution < 1.29 is 23.1 Å². The van der Waals surface area contributed by atoms with E-state index < -0.39 is 17.2 Å². The van der Waals surface area contributed by atoms with Gasteiger partial charge in [0.25, 0.3) is 5.91 Å². The van der Waals surface area contributed by atoms with E-state index in [0.29, 0.717) is 24.1 Å². The fourth-order valence-corrected chi connectivity index (χ4v) is 4.44. The average Bonchev–Trinajstić information content (AvgIpc) is 3.12. The second kappa shape index (κ2) is 6.16. The maximum Gasteiger partial charge on any atom is 0.292 e. The van der Waals surface area contributed by atoms with Gasteiger partial charge in [-0.1, -0.05) is 6.07 Å². The van der Waals surface area contributed by atoms with Crippen LogP contribution in [-0.4, -0.2) is 38.6 Å². The van der Waals surface area contributed by atoms with Crippen LogP contribution in [0.1, 0.15) is 47.5 Å². The summed E-state index contributed by atoms with van der Waals surface area (Å²) in [5.74, 6) is -1.26. The SMILES string of the molecule is Cc1ncoc1C(=O)N1C2CCC1CC(O)(Cc1ccc(F)cc1F)C2. The molecule has 2 fully saturated rings. The maximum absolute atomic E-state index is 14.0. The van der Waals surface area contributed by atoms with Gasteiger partial charge in [-0.25, -0.2) is 13.8 Å². The Bertz CT molecular complexity index is 837. The standard InChI is InChI=1S/C19H20F2N2O3/c1-11-17(26-10-22-11)18(24)23-14-4-5-15(23)9-19(25,8-14)7-12-2-3-13(20)6-16(12)21/h2-3,6,10,14-15,25H,4-5,7-9H2,1H3. The molecule has 5 nitrogen and oxygen atoms in total. The number of carbonyl (C=O) groups is 1. The smallest absolute Gasteiger partial charge is 0.292 e. The van der Waals surface area contributed by atoms with Crippen molar-refractivity contribution in [2.45, 2.75) is 56.7 Å². The highest BCUT2D eigenvalue weighted by molar-refractivity contribution is 5.93. The van der Waals surface area contributed by atoms with Gasteiger partial charge >= 0.3 is 0 Å². The number of halogens is 2. The number of oxazole rings is 1. The lowest BCUT2D eigenvalue weighted by molar-refractivity contribution is -0.0438. The summed E-state index contributed by atoms with van der Waals surface area (Å²) in [6.45, 7) is 1.72. The van der Waals surface area contributed by atoms with Gasteiger partial charge < -0.3 is 14.4 Å². The van der Waals surface area contributed by atoms with Crippen LogP contribution in [0.3, 0.4) is 0 Å². The lowest BCUT2D eigenvalue weighted by Crippen LogP contribution is -2.54. The molecule has 0 aliphatic carbocycles. The number of benzene rings is 1. The number of hydrogen-bond donors (Lipinski definition) is 1. The molecule has 3 heterocycles. The topological polar surface area (TPSA) is 66.6 Å². The molecule has 1 aromatic heterocycles. The fourth-order valence-electron chi connectivity index (χ4n) is 4.44. The Kier molecular flexibility index (Phi) is 4.06. The molecule has 0 spiro atoms. The molecule has 2 aliphatic rings. The van der Waals surface area contributed by atoms with Crippen LogP contribution in [-0.2, 0) is 6.42 Å². The van der Waals surface area contributed by atoms with Crippen molar-refractivity contribution in [1.29, 1.82) is 0 Å². The molecular formula is C19H20F2N2O3. The monoisotopic (exact) mass is 362 g/mol. The highest BCUT2D eigenvalue weighted by Gasteiger charge is 2.50. The third kappa shape index (κ3) is 2.90.